The number of carbonyl (C=O) groups excluding carboxylic acids is 1. The fourth-order valence-corrected chi connectivity index (χ4v) is 2.47. The van der Waals surface area contributed by atoms with Gasteiger partial charge in [0.15, 0.2) is 6.61 Å². The van der Waals surface area contributed by atoms with Gasteiger partial charge in [0.25, 0.3) is 0 Å². The van der Waals surface area contributed by atoms with E-state index < -0.39 is 5.97 Å². The summed E-state index contributed by atoms with van der Waals surface area (Å²) < 4.78 is 17.4. The Labute approximate surface area is 160 Å². The minimum Gasteiger partial charge on any atom is -0.482 e. The Kier molecular flexibility index (Phi) is 6.28. The zero-order valence-electron chi connectivity index (χ0n) is 13.9. The summed E-state index contributed by atoms with van der Waals surface area (Å²) in [6, 6.07) is 24.2. The number of halogens is 1. The van der Waals surface area contributed by atoms with Crippen LogP contribution in [-0.4, -0.2) is 12.6 Å². The highest BCUT2D eigenvalue weighted by Crippen LogP contribution is 2.22. The van der Waals surface area contributed by atoms with Gasteiger partial charge in [-0.1, -0.05) is 46.3 Å². The SMILES string of the molecule is O=C(COc1ccc(Br)cc1)OCc1cccc(Oc2ccccc2)c1. The molecular weight excluding hydrogens is 396 g/mol. The number of esters is 1. The fourth-order valence-electron chi connectivity index (χ4n) is 2.20. The summed E-state index contributed by atoms with van der Waals surface area (Å²) >= 11 is 3.35. The van der Waals surface area contributed by atoms with Crippen LogP contribution in [0, 0.1) is 0 Å². The molecule has 3 rings (SSSR count). The van der Waals surface area contributed by atoms with Crippen molar-refractivity contribution in [2.24, 2.45) is 0 Å². The zero-order chi connectivity index (χ0) is 18.2. The second-order valence-corrected chi connectivity index (χ2v) is 6.38. The summed E-state index contributed by atoms with van der Waals surface area (Å²) in [5.74, 6) is 1.63. The molecule has 5 heteroatoms. The van der Waals surface area contributed by atoms with Crippen molar-refractivity contribution in [3.63, 3.8) is 0 Å². The van der Waals surface area contributed by atoms with E-state index in [0.717, 1.165) is 15.8 Å². The van der Waals surface area contributed by atoms with Gasteiger partial charge < -0.3 is 14.2 Å². The van der Waals surface area contributed by atoms with Gasteiger partial charge >= 0.3 is 5.97 Å². The van der Waals surface area contributed by atoms with E-state index in [-0.39, 0.29) is 13.2 Å². The third-order valence-corrected chi connectivity index (χ3v) is 3.98. The number of carbonyl (C=O) groups is 1. The third kappa shape index (κ3) is 5.63. The van der Waals surface area contributed by atoms with Crippen molar-refractivity contribution in [1.82, 2.24) is 0 Å². The molecule has 0 bridgehead atoms. The molecule has 0 amide bonds. The lowest BCUT2D eigenvalue weighted by atomic mass is 10.2. The van der Waals surface area contributed by atoms with Crippen molar-refractivity contribution < 1.29 is 19.0 Å². The molecule has 0 saturated heterocycles. The Bertz CT molecular complexity index is 847. The lowest BCUT2D eigenvalue weighted by molar-refractivity contribution is -0.147. The predicted octanol–water partition coefficient (Wildman–Crippen LogP) is 5.36. The fraction of sp³-hybridized carbons (Fsp3) is 0.0952. The number of hydrogen-bond acceptors (Lipinski definition) is 4. The topological polar surface area (TPSA) is 44.8 Å². The van der Waals surface area contributed by atoms with Crippen LogP contribution in [-0.2, 0) is 16.1 Å². The van der Waals surface area contributed by atoms with E-state index in [1.54, 1.807) is 12.1 Å². The standard InChI is InChI=1S/C21H17BrO4/c22-17-9-11-18(12-10-17)24-15-21(23)25-14-16-5-4-8-20(13-16)26-19-6-2-1-3-7-19/h1-13H,14-15H2. The highest BCUT2D eigenvalue weighted by atomic mass is 79.9. The maximum atomic E-state index is 11.8. The molecule has 0 N–H and O–H groups in total. The molecular formula is C21H17BrO4. The van der Waals surface area contributed by atoms with Gasteiger partial charge in [0.2, 0.25) is 0 Å². The van der Waals surface area contributed by atoms with Crippen LogP contribution in [0.3, 0.4) is 0 Å². The molecule has 0 fully saturated rings. The molecule has 0 radical (unpaired) electrons. The molecule has 3 aromatic rings. The van der Waals surface area contributed by atoms with Crippen LogP contribution in [0.2, 0.25) is 0 Å². The summed E-state index contributed by atoms with van der Waals surface area (Å²) in [4.78, 5) is 11.8. The van der Waals surface area contributed by atoms with E-state index in [1.807, 2.05) is 66.7 Å². The lowest BCUT2D eigenvalue weighted by Gasteiger charge is -2.09. The maximum absolute atomic E-state index is 11.8. The maximum Gasteiger partial charge on any atom is 0.344 e. The quantitative estimate of drug-likeness (QED) is 0.489. The Balaban J connectivity index is 1.48. The first-order valence-electron chi connectivity index (χ1n) is 8.05. The molecule has 0 aliphatic heterocycles. The Morgan fingerprint density at radius 2 is 1.54 bits per heavy atom. The molecule has 0 aliphatic carbocycles. The van der Waals surface area contributed by atoms with E-state index in [0.29, 0.717) is 11.5 Å². The third-order valence-electron chi connectivity index (χ3n) is 3.45. The Morgan fingerprint density at radius 3 is 2.31 bits per heavy atom. The summed E-state index contributed by atoms with van der Waals surface area (Å²) in [7, 11) is 0. The number of para-hydroxylation sites is 1. The van der Waals surface area contributed by atoms with Crippen molar-refractivity contribution in [1.29, 1.82) is 0 Å². The zero-order valence-corrected chi connectivity index (χ0v) is 15.5. The van der Waals surface area contributed by atoms with Crippen LogP contribution in [0.4, 0.5) is 0 Å². The summed E-state index contributed by atoms with van der Waals surface area (Å²) in [5, 5.41) is 0. The van der Waals surface area contributed by atoms with E-state index in [4.69, 9.17) is 14.2 Å². The minimum atomic E-state index is -0.428. The second kappa shape index (κ2) is 9.06. The van der Waals surface area contributed by atoms with Crippen LogP contribution >= 0.6 is 15.9 Å². The predicted molar refractivity (Wildman–Crippen MR) is 102 cm³/mol. The molecule has 0 spiro atoms. The van der Waals surface area contributed by atoms with Gasteiger partial charge in [-0.3, -0.25) is 0 Å². The highest BCUT2D eigenvalue weighted by molar-refractivity contribution is 9.10. The van der Waals surface area contributed by atoms with Crippen LogP contribution in [0.5, 0.6) is 17.2 Å². The number of ether oxygens (including phenoxy) is 3. The van der Waals surface area contributed by atoms with Gasteiger partial charge in [-0.05, 0) is 54.1 Å². The molecule has 0 unspecified atom stereocenters. The molecule has 0 aliphatic rings. The van der Waals surface area contributed by atoms with Crippen molar-refractivity contribution in [3.8, 4) is 17.2 Å². The molecule has 0 aromatic heterocycles. The second-order valence-electron chi connectivity index (χ2n) is 5.47. The van der Waals surface area contributed by atoms with Gasteiger partial charge in [-0.15, -0.1) is 0 Å². The Hall–Kier alpha value is -2.79. The van der Waals surface area contributed by atoms with Crippen molar-refractivity contribution in [2.45, 2.75) is 6.61 Å². The summed E-state index contributed by atoms with van der Waals surface area (Å²) in [6.45, 7) is 0.0242. The molecule has 3 aromatic carbocycles. The van der Waals surface area contributed by atoms with E-state index >= 15 is 0 Å². The summed E-state index contributed by atoms with van der Waals surface area (Å²) in [6.07, 6.45) is 0. The van der Waals surface area contributed by atoms with Gasteiger partial charge in [-0.2, -0.15) is 0 Å². The monoisotopic (exact) mass is 412 g/mol. The number of rotatable bonds is 7. The van der Waals surface area contributed by atoms with Gasteiger partial charge in [0, 0.05) is 4.47 Å². The molecule has 0 saturated carbocycles. The smallest absolute Gasteiger partial charge is 0.344 e. The normalized spacial score (nSPS) is 10.2. The van der Waals surface area contributed by atoms with Gasteiger partial charge in [0.1, 0.15) is 23.9 Å². The van der Waals surface area contributed by atoms with E-state index in [9.17, 15) is 4.79 Å². The lowest BCUT2D eigenvalue weighted by Crippen LogP contribution is -2.14. The molecule has 4 nitrogen and oxygen atoms in total. The van der Waals surface area contributed by atoms with Gasteiger partial charge in [0.05, 0.1) is 0 Å². The van der Waals surface area contributed by atoms with E-state index in [1.165, 1.54) is 0 Å². The first-order chi connectivity index (χ1) is 12.7. The van der Waals surface area contributed by atoms with Crippen LogP contribution in [0.15, 0.2) is 83.3 Å². The van der Waals surface area contributed by atoms with Crippen molar-refractivity contribution in [2.75, 3.05) is 6.61 Å². The van der Waals surface area contributed by atoms with Crippen molar-refractivity contribution >= 4 is 21.9 Å². The first-order valence-corrected chi connectivity index (χ1v) is 8.84. The van der Waals surface area contributed by atoms with Crippen LogP contribution in [0.1, 0.15) is 5.56 Å². The number of hydrogen-bond donors (Lipinski definition) is 0. The first kappa shape index (κ1) is 18.0. The number of benzene rings is 3. The average molecular weight is 413 g/mol. The molecule has 132 valence electrons. The average Bonchev–Trinajstić information content (AvgIpc) is 2.67. The molecule has 0 atom stereocenters. The summed E-state index contributed by atoms with van der Waals surface area (Å²) in [5.41, 5.74) is 0.843. The molecule has 26 heavy (non-hydrogen) atoms. The molecule has 0 heterocycles. The highest BCUT2D eigenvalue weighted by Gasteiger charge is 2.06. The van der Waals surface area contributed by atoms with Crippen LogP contribution in [0.25, 0.3) is 0 Å². The van der Waals surface area contributed by atoms with Crippen molar-refractivity contribution in [3.05, 3.63) is 88.9 Å². The van der Waals surface area contributed by atoms with E-state index in [2.05, 4.69) is 15.9 Å². The Morgan fingerprint density at radius 1 is 0.808 bits per heavy atom. The largest absolute Gasteiger partial charge is 0.482 e. The van der Waals surface area contributed by atoms with Gasteiger partial charge in [-0.25, -0.2) is 4.79 Å². The minimum absolute atomic E-state index is 0.137. The van der Waals surface area contributed by atoms with Crippen LogP contribution < -0.4 is 9.47 Å².